The van der Waals surface area contributed by atoms with Gasteiger partial charge in [-0.1, -0.05) is 30.3 Å². The van der Waals surface area contributed by atoms with Crippen LogP contribution < -0.4 is 10.0 Å². The lowest BCUT2D eigenvalue weighted by molar-refractivity contribution is 0.102. The minimum Gasteiger partial charge on any atom is -0.376 e. The van der Waals surface area contributed by atoms with Crippen LogP contribution in [-0.4, -0.2) is 20.9 Å². The van der Waals surface area contributed by atoms with Crippen LogP contribution in [0.1, 0.15) is 34.3 Å². The molecule has 1 amide bonds. The molecule has 172 valence electrons. The number of benzene rings is 3. The summed E-state index contributed by atoms with van der Waals surface area (Å²) in [6.45, 7) is 2.93. The Bertz CT molecular complexity index is 1270. The number of aryl methyl sites for hydroxylation is 1. The number of sulfonamides is 1. The quantitative estimate of drug-likeness (QED) is 0.457. The number of nitrogens with one attached hydrogen (secondary N) is 2. The fourth-order valence-corrected chi connectivity index (χ4v) is 4.42. The molecule has 1 saturated carbocycles. The van der Waals surface area contributed by atoms with Crippen LogP contribution in [0.4, 0.5) is 15.8 Å². The molecule has 3 aromatic carbocycles. The third kappa shape index (κ3) is 5.97. The Morgan fingerprint density at radius 1 is 1.06 bits per heavy atom. The number of carbonyl (C=O) groups is 1. The lowest BCUT2D eigenvalue weighted by Crippen LogP contribution is -2.17. The summed E-state index contributed by atoms with van der Waals surface area (Å²) in [7, 11) is -4.09. The second-order valence-electron chi connectivity index (χ2n) is 8.18. The Kier molecular flexibility index (Phi) is 6.76. The normalized spacial score (nSPS) is 13.5. The molecule has 33 heavy (non-hydrogen) atoms. The van der Waals surface area contributed by atoms with E-state index >= 15 is 0 Å². The highest BCUT2D eigenvalue weighted by Gasteiger charge is 2.21. The second-order valence-corrected chi connectivity index (χ2v) is 9.86. The van der Waals surface area contributed by atoms with Crippen LogP contribution in [0.2, 0.25) is 0 Å². The van der Waals surface area contributed by atoms with Crippen LogP contribution in [-0.2, 0) is 21.4 Å². The highest BCUT2D eigenvalue weighted by molar-refractivity contribution is 7.92. The molecule has 0 heterocycles. The molecule has 1 aliphatic rings. The molecule has 0 aromatic heterocycles. The number of para-hydroxylation sites is 1. The summed E-state index contributed by atoms with van der Waals surface area (Å²) < 4.78 is 47.4. The topological polar surface area (TPSA) is 84.5 Å². The van der Waals surface area contributed by atoms with Gasteiger partial charge in [-0.05, 0) is 73.2 Å². The van der Waals surface area contributed by atoms with Crippen LogP contribution in [0.5, 0.6) is 0 Å². The lowest BCUT2D eigenvalue weighted by Gasteiger charge is -2.13. The molecule has 0 bridgehead atoms. The number of amides is 1. The summed E-state index contributed by atoms with van der Waals surface area (Å²) in [6, 6.07) is 17.1. The number of hydrogen-bond acceptors (Lipinski definition) is 4. The van der Waals surface area contributed by atoms with Crippen LogP contribution in [0, 0.1) is 18.7 Å². The Morgan fingerprint density at radius 3 is 2.61 bits per heavy atom. The molecule has 0 spiro atoms. The molecule has 8 heteroatoms. The number of hydrogen-bond donors (Lipinski definition) is 2. The molecule has 0 unspecified atom stereocenters. The van der Waals surface area contributed by atoms with Crippen LogP contribution in [0.15, 0.2) is 71.6 Å². The van der Waals surface area contributed by atoms with Crippen molar-refractivity contribution in [2.24, 2.45) is 5.92 Å². The lowest BCUT2D eigenvalue weighted by atomic mass is 10.1. The Labute approximate surface area is 192 Å². The number of carbonyl (C=O) groups excluding carboxylic acids is 1. The number of ether oxygens (including phenoxy) is 1. The van der Waals surface area contributed by atoms with Crippen molar-refractivity contribution >= 4 is 27.3 Å². The van der Waals surface area contributed by atoms with Gasteiger partial charge in [-0.25, -0.2) is 12.8 Å². The zero-order chi connectivity index (χ0) is 23.4. The van der Waals surface area contributed by atoms with Crippen molar-refractivity contribution < 1.29 is 22.3 Å². The minimum atomic E-state index is -4.09. The zero-order valence-corrected chi connectivity index (χ0v) is 19.0. The van der Waals surface area contributed by atoms with Crippen LogP contribution >= 0.6 is 0 Å². The van der Waals surface area contributed by atoms with Crippen molar-refractivity contribution in [1.82, 2.24) is 0 Å². The largest absolute Gasteiger partial charge is 0.376 e. The van der Waals surface area contributed by atoms with Crippen molar-refractivity contribution in [2.45, 2.75) is 31.3 Å². The molecule has 4 rings (SSSR count). The summed E-state index contributed by atoms with van der Waals surface area (Å²) >= 11 is 0. The van der Waals surface area contributed by atoms with Gasteiger partial charge in [0.2, 0.25) is 0 Å². The predicted octanol–water partition coefficient (Wildman–Crippen LogP) is 5.11. The van der Waals surface area contributed by atoms with E-state index in [1.807, 2.05) is 18.2 Å². The molecule has 0 atom stereocenters. The van der Waals surface area contributed by atoms with E-state index in [9.17, 15) is 17.6 Å². The van der Waals surface area contributed by atoms with Gasteiger partial charge >= 0.3 is 0 Å². The zero-order valence-electron chi connectivity index (χ0n) is 18.2. The van der Waals surface area contributed by atoms with E-state index in [0.717, 1.165) is 18.2 Å². The molecule has 3 aromatic rings. The molecular formula is C25H25FN2O4S. The highest BCUT2D eigenvalue weighted by atomic mass is 32.2. The highest BCUT2D eigenvalue weighted by Crippen LogP contribution is 2.29. The standard InChI is InChI=1S/C25H25FN2O4S/c1-17-9-12-21(33(30,31)28-24-8-3-2-7-23(24)26)14-22(17)25(29)27-20-6-4-5-19(13-20)16-32-15-18-10-11-18/h2-9,12-14,18,28H,10-11,15-16H2,1H3,(H,27,29). The Hall–Kier alpha value is -3.23. The molecule has 6 nitrogen and oxygen atoms in total. The SMILES string of the molecule is Cc1ccc(S(=O)(=O)Nc2ccccc2F)cc1C(=O)Nc1cccc(COCC2CC2)c1. The molecule has 1 aliphatic carbocycles. The maximum absolute atomic E-state index is 13.9. The van der Waals surface area contributed by atoms with Gasteiger partial charge in [-0.15, -0.1) is 0 Å². The van der Waals surface area contributed by atoms with E-state index in [1.54, 1.807) is 19.1 Å². The first-order valence-corrected chi connectivity index (χ1v) is 12.2. The van der Waals surface area contributed by atoms with Gasteiger partial charge < -0.3 is 10.1 Å². The van der Waals surface area contributed by atoms with E-state index < -0.39 is 21.7 Å². The first-order chi connectivity index (χ1) is 15.8. The molecule has 2 N–H and O–H groups in total. The average Bonchev–Trinajstić information content (AvgIpc) is 3.60. The maximum Gasteiger partial charge on any atom is 0.262 e. The van der Waals surface area contributed by atoms with E-state index in [1.165, 1.54) is 43.2 Å². The first-order valence-electron chi connectivity index (χ1n) is 10.7. The maximum atomic E-state index is 13.9. The number of rotatable bonds is 9. The first kappa shape index (κ1) is 22.9. The van der Waals surface area contributed by atoms with Crippen LogP contribution in [0.25, 0.3) is 0 Å². The molecule has 0 aliphatic heterocycles. The summed E-state index contributed by atoms with van der Waals surface area (Å²) in [4.78, 5) is 12.8. The third-order valence-electron chi connectivity index (χ3n) is 5.39. The molecular weight excluding hydrogens is 443 g/mol. The van der Waals surface area contributed by atoms with Crippen molar-refractivity contribution in [2.75, 3.05) is 16.6 Å². The van der Waals surface area contributed by atoms with Crippen LogP contribution in [0.3, 0.4) is 0 Å². The smallest absolute Gasteiger partial charge is 0.262 e. The fourth-order valence-electron chi connectivity index (χ4n) is 3.33. The van der Waals surface area contributed by atoms with E-state index in [4.69, 9.17) is 4.74 Å². The summed E-state index contributed by atoms with van der Waals surface area (Å²) in [5.41, 5.74) is 2.19. The second kappa shape index (κ2) is 9.72. The van der Waals surface area contributed by atoms with Crippen molar-refractivity contribution in [3.8, 4) is 0 Å². The van der Waals surface area contributed by atoms with Crippen molar-refractivity contribution in [1.29, 1.82) is 0 Å². The molecule has 0 saturated heterocycles. The Morgan fingerprint density at radius 2 is 1.85 bits per heavy atom. The van der Waals surface area contributed by atoms with E-state index in [0.29, 0.717) is 23.8 Å². The van der Waals surface area contributed by atoms with Crippen molar-refractivity contribution in [3.05, 3.63) is 89.2 Å². The monoisotopic (exact) mass is 468 g/mol. The Balaban J connectivity index is 1.49. The van der Waals surface area contributed by atoms with Crippen molar-refractivity contribution in [3.63, 3.8) is 0 Å². The molecule has 1 fully saturated rings. The predicted molar refractivity (Wildman–Crippen MR) is 125 cm³/mol. The van der Waals surface area contributed by atoms with Gasteiger partial charge in [0.1, 0.15) is 5.82 Å². The molecule has 0 radical (unpaired) electrons. The average molecular weight is 469 g/mol. The number of halogens is 1. The van der Waals surface area contributed by atoms with E-state index in [-0.39, 0.29) is 16.1 Å². The van der Waals surface area contributed by atoms with Gasteiger partial charge in [0, 0.05) is 17.9 Å². The van der Waals surface area contributed by atoms with Gasteiger partial charge in [0.15, 0.2) is 0 Å². The summed E-state index contributed by atoms with van der Waals surface area (Å²) in [6.07, 6.45) is 2.44. The minimum absolute atomic E-state index is 0.135. The fraction of sp³-hybridized carbons (Fsp3) is 0.240. The summed E-state index contributed by atoms with van der Waals surface area (Å²) in [5, 5.41) is 2.82. The van der Waals surface area contributed by atoms with Gasteiger partial charge in [0.25, 0.3) is 15.9 Å². The van der Waals surface area contributed by atoms with E-state index in [2.05, 4.69) is 10.0 Å². The van der Waals surface area contributed by atoms with Gasteiger partial charge in [-0.2, -0.15) is 0 Å². The third-order valence-corrected chi connectivity index (χ3v) is 6.75. The van der Waals surface area contributed by atoms with Gasteiger partial charge in [-0.3, -0.25) is 9.52 Å². The number of anilines is 2. The summed E-state index contributed by atoms with van der Waals surface area (Å²) in [5.74, 6) is -0.453. The van der Waals surface area contributed by atoms with Gasteiger partial charge in [0.05, 0.1) is 17.2 Å².